The van der Waals surface area contributed by atoms with Crippen molar-refractivity contribution in [1.29, 1.82) is 5.26 Å². The molecule has 0 bridgehead atoms. The highest BCUT2D eigenvalue weighted by atomic mass is 32.2. The van der Waals surface area contributed by atoms with Crippen LogP contribution in [0.5, 0.6) is 0 Å². The molecule has 1 saturated carbocycles. The Bertz CT molecular complexity index is 1690. The molecule has 0 amide bonds. The summed E-state index contributed by atoms with van der Waals surface area (Å²) < 4.78 is 31.9. The third-order valence-electron chi connectivity index (χ3n) is 6.67. The van der Waals surface area contributed by atoms with Crippen LogP contribution in [0.15, 0.2) is 66.1 Å². The van der Waals surface area contributed by atoms with E-state index >= 15 is 0 Å². The van der Waals surface area contributed by atoms with Gasteiger partial charge in [-0.25, -0.2) is 17.4 Å². The van der Waals surface area contributed by atoms with Crippen LogP contribution in [0.2, 0.25) is 0 Å². The summed E-state index contributed by atoms with van der Waals surface area (Å²) in [6.07, 6.45) is 9.70. The van der Waals surface area contributed by atoms with E-state index in [1.54, 1.807) is 36.5 Å². The van der Waals surface area contributed by atoms with Crippen molar-refractivity contribution in [2.45, 2.75) is 43.0 Å². The molecule has 1 fully saturated rings. The minimum atomic E-state index is -3.80. The first-order valence-electron chi connectivity index (χ1n) is 11.1. The molecule has 10 heteroatoms. The molecule has 0 N–H and O–H groups in total. The zero-order valence-electron chi connectivity index (χ0n) is 18.4. The number of rotatable bonds is 4. The first kappa shape index (κ1) is 20.6. The quantitative estimate of drug-likeness (QED) is 0.394. The summed E-state index contributed by atoms with van der Waals surface area (Å²) >= 11 is 0. The third-order valence-corrected chi connectivity index (χ3v) is 8.36. The molecule has 34 heavy (non-hydrogen) atoms. The molecule has 6 rings (SSSR count). The Kier molecular flexibility index (Phi) is 4.57. The van der Waals surface area contributed by atoms with Crippen molar-refractivity contribution in [2.24, 2.45) is 0 Å². The largest absolute Gasteiger partial charge is 0.350 e. The standard InChI is InChI=1S/C24H21N7O2S/c1-16-2-6-20(7-3-16)34(32,33)30-11-9-21-24(30)26-14-22-27-28-23(31(21)22)18-4-5-19(12-18)29-10-8-17(13-25)15-29/h2-3,6-11,14-15,18-19H,4-5,12H2,1H3/t18-,19+/m1/s1. The highest BCUT2D eigenvalue weighted by Crippen LogP contribution is 2.41. The minimum absolute atomic E-state index is 0.163. The van der Waals surface area contributed by atoms with Gasteiger partial charge in [-0.2, -0.15) is 5.26 Å². The smallest absolute Gasteiger partial charge is 0.269 e. The average Bonchev–Trinajstić information content (AvgIpc) is 3.63. The number of hydrogen-bond acceptors (Lipinski definition) is 6. The van der Waals surface area contributed by atoms with Gasteiger partial charge in [0.15, 0.2) is 11.3 Å². The van der Waals surface area contributed by atoms with Crippen LogP contribution >= 0.6 is 0 Å². The van der Waals surface area contributed by atoms with E-state index in [0.717, 1.165) is 30.7 Å². The maximum atomic E-state index is 13.3. The first-order chi connectivity index (χ1) is 16.5. The summed E-state index contributed by atoms with van der Waals surface area (Å²) in [4.78, 5) is 4.63. The normalized spacial score (nSPS) is 18.6. The third kappa shape index (κ3) is 3.12. The molecular weight excluding hydrogens is 450 g/mol. The van der Waals surface area contributed by atoms with E-state index in [1.165, 1.54) is 10.2 Å². The Morgan fingerprint density at radius 1 is 1.06 bits per heavy atom. The summed E-state index contributed by atoms with van der Waals surface area (Å²) in [6, 6.07) is 12.8. The van der Waals surface area contributed by atoms with Crippen molar-refractivity contribution < 1.29 is 8.42 Å². The molecule has 4 heterocycles. The van der Waals surface area contributed by atoms with Crippen molar-refractivity contribution in [3.63, 3.8) is 0 Å². The number of nitriles is 1. The maximum Gasteiger partial charge on any atom is 0.269 e. The van der Waals surface area contributed by atoms with Crippen LogP contribution in [0.25, 0.3) is 16.8 Å². The topological polar surface area (TPSA) is 111 Å². The molecule has 2 atom stereocenters. The molecule has 0 radical (unpaired) electrons. The summed E-state index contributed by atoms with van der Waals surface area (Å²) in [5.41, 5.74) is 3.23. The van der Waals surface area contributed by atoms with Crippen LogP contribution in [-0.4, -0.2) is 36.5 Å². The minimum Gasteiger partial charge on any atom is -0.350 e. The number of hydrogen-bond donors (Lipinski definition) is 0. The van der Waals surface area contributed by atoms with Gasteiger partial charge in [-0.3, -0.25) is 4.40 Å². The fraction of sp³-hybridized carbons (Fsp3) is 0.250. The average molecular weight is 472 g/mol. The van der Waals surface area contributed by atoms with Crippen molar-refractivity contribution in [2.75, 3.05) is 0 Å². The molecule has 1 aliphatic carbocycles. The molecule has 4 aromatic heterocycles. The second-order valence-corrected chi connectivity index (χ2v) is 10.6. The van der Waals surface area contributed by atoms with Gasteiger partial charge in [0.25, 0.3) is 10.0 Å². The van der Waals surface area contributed by atoms with Crippen LogP contribution in [-0.2, 0) is 10.0 Å². The molecule has 9 nitrogen and oxygen atoms in total. The van der Waals surface area contributed by atoms with Crippen molar-refractivity contribution >= 4 is 26.8 Å². The molecule has 5 aromatic rings. The van der Waals surface area contributed by atoms with Gasteiger partial charge in [-0.15, -0.1) is 10.2 Å². The monoisotopic (exact) mass is 471 g/mol. The Labute approximate surface area is 196 Å². The van der Waals surface area contributed by atoms with Gasteiger partial charge in [0, 0.05) is 30.6 Å². The Balaban J connectivity index is 1.40. The van der Waals surface area contributed by atoms with E-state index in [1.807, 2.05) is 29.8 Å². The SMILES string of the molecule is Cc1ccc(S(=O)(=O)n2ccc3c2ncc2nnc([C@@H]4CC[C@H](n5ccc(C#N)c5)C4)n23)cc1. The second-order valence-electron chi connectivity index (χ2n) is 8.77. The van der Waals surface area contributed by atoms with Gasteiger partial charge in [0.05, 0.1) is 22.2 Å². The highest BCUT2D eigenvalue weighted by molar-refractivity contribution is 7.90. The van der Waals surface area contributed by atoms with Gasteiger partial charge in [0.2, 0.25) is 0 Å². The number of aryl methyl sites for hydroxylation is 1. The summed E-state index contributed by atoms with van der Waals surface area (Å²) in [6.45, 7) is 1.92. The lowest BCUT2D eigenvalue weighted by atomic mass is 10.1. The molecular formula is C24H21N7O2S. The van der Waals surface area contributed by atoms with Gasteiger partial charge < -0.3 is 4.57 Å². The highest BCUT2D eigenvalue weighted by Gasteiger charge is 2.31. The van der Waals surface area contributed by atoms with Gasteiger partial charge in [-0.05, 0) is 50.5 Å². The van der Waals surface area contributed by atoms with Crippen molar-refractivity contribution in [1.82, 2.24) is 28.1 Å². The first-order valence-corrected chi connectivity index (χ1v) is 12.5. The zero-order valence-corrected chi connectivity index (χ0v) is 19.2. The predicted octanol–water partition coefficient (Wildman–Crippen LogP) is 3.81. The van der Waals surface area contributed by atoms with Gasteiger partial charge >= 0.3 is 0 Å². The fourth-order valence-electron chi connectivity index (χ4n) is 4.90. The Morgan fingerprint density at radius 2 is 1.88 bits per heavy atom. The summed E-state index contributed by atoms with van der Waals surface area (Å²) in [5, 5.41) is 17.9. The molecule has 0 spiro atoms. The van der Waals surface area contributed by atoms with E-state index in [9.17, 15) is 8.42 Å². The fourth-order valence-corrected chi connectivity index (χ4v) is 6.20. The van der Waals surface area contributed by atoms with E-state index in [4.69, 9.17) is 5.26 Å². The van der Waals surface area contributed by atoms with Crippen LogP contribution in [0.1, 0.15) is 48.2 Å². The lowest BCUT2D eigenvalue weighted by Crippen LogP contribution is -2.13. The second kappa shape index (κ2) is 7.53. The predicted molar refractivity (Wildman–Crippen MR) is 125 cm³/mol. The molecule has 1 aromatic carbocycles. The zero-order chi connectivity index (χ0) is 23.4. The van der Waals surface area contributed by atoms with Crippen LogP contribution in [0, 0.1) is 18.3 Å². The number of fused-ring (bicyclic) bond motifs is 3. The number of benzene rings is 1. The van der Waals surface area contributed by atoms with E-state index in [0.29, 0.717) is 22.4 Å². The Hall–Kier alpha value is -3.97. The van der Waals surface area contributed by atoms with Crippen LogP contribution in [0.4, 0.5) is 0 Å². The molecule has 1 aliphatic rings. The Morgan fingerprint density at radius 3 is 2.65 bits per heavy atom. The molecule has 0 saturated heterocycles. The molecule has 0 aliphatic heterocycles. The van der Waals surface area contributed by atoms with E-state index < -0.39 is 10.0 Å². The number of nitrogens with zero attached hydrogens (tertiary/aromatic N) is 7. The van der Waals surface area contributed by atoms with Crippen molar-refractivity contribution in [3.8, 4) is 6.07 Å². The lowest BCUT2D eigenvalue weighted by molar-refractivity contribution is 0.508. The van der Waals surface area contributed by atoms with Crippen LogP contribution in [0.3, 0.4) is 0 Å². The van der Waals surface area contributed by atoms with Gasteiger partial charge in [0.1, 0.15) is 11.9 Å². The van der Waals surface area contributed by atoms with Crippen molar-refractivity contribution in [3.05, 3.63) is 78.1 Å². The summed E-state index contributed by atoms with van der Waals surface area (Å²) in [7, 11) is -3.80. The lowest BCUT2D eigenvalue weighted by Gasteiger charge is -2.13. The molecule has 0 unspecified atom stereocenters. The number of aromatic nitrogens is 6. The van der Waals surface area contributed by atoms with Crippen LogP contribution < -0.4 is 0 Å². The van der Waals surface area contributed by atoms with E-state index in [2.05, 4.69) is 25.8 Å². The molecule has 170 valence electrons. The van der Waals surface area contributed by atoms with E-state index in [-0.39, 0.29) is 16.9 Å². The van der Waals surface area contributed by atoms with Gasteiger partial charge in [-0.1, -0.05) is 17.7 Å². The maximum absolute atomic E-state index is 13.3. The summed E-state index contributed by atoms with van der Waals surface area (Å²) in [5.74, 6) is 0.971.